The van der Waals surface area contributed by atoms with E-state index >= 15 is 0 Å². The monoisotopic (exact) mass is 208 g/mol. The highest BCUT2D eigenvalue weighted by molar-refractivity contribution is 5.94. The number of likely N-dealkylation sites (tertiary alicyclic amines) is 1. The second-order valence-corrected chi connectivity index (χ2v) is 3.64. The lowest BCUT2D eigenvalue weighted by molar-refractivity contribution is 0.0764. The number of aliphatic hydroxyl groups is 1. The zero-order chi connectivity index (χ0) is 10.8. The van der Waals surface area contributed by atoms with E-state index in [-0.39, 0.29) is 11.5 Å². The van der Waals surface area contributed by atoms with Gasteiger partial charge in [-0.2, -0.15) is 0 Å². The number of aliphatic hydroxyl groups excluding tert-OH is 1. The van der Waals surface area contributed by atoms with E-state index in [1.54, 1.807) is 11.0 Å². The molecule has 5 heteroatoms. The second-order valence-electron chi connectivity index (χ2n) is 3.64. The molecule has 0 aromatic carbocycles. The van der Waals surface area contributed by atoms with Crippen molar-refractivity contribution in [1.82, 2.24) is 9.88 Å². The first-order chi connectivity index (χ1) is 7.16. The van der Waals surface area contributed by atoms with Gasteiger partial charge in [0.2, 0.25) is 5.56 Å². The van der Waals surface area contributed by atoms with Crippen molar-refractivity contribution < 1.29 is 9.90 Å². The van der Waals surface area contributed by atoms with E-state index in [0.29, 0.717) is 25.1 Å². The van der Waals surface area contributed by atoms with Gasteiger partial charge in [0.25, 0.3) is 5.91 Å². The highest BCUT2D eigenvalue weighted by Gasteiger charge is 2.25. The van der Waals surface area contributed by atoms with Crippen molar-refractivity contribution >= 4 is 5.91 Å². The summed E-state index contributed by atoms with van der Waals surface area (Å²) in [4.78, 5) is 26.8. The Morgan fingerprint density at radius 2 is 2.40 bits per heavy atom. The first-order valence-corrected chi connectivity index (χ1v) is 4.83. The number of carbonyl (C=O) groups excluding carboxylic acids is 1. The molecule has 2 rings (SSSR count). The number of nitrogens with one attached hydrogen (secondary N) is 1. The molecule has 1 aromatic heterocycles. The number of pyridine rings is 1. The van der Waals surface area contributed by atoms with Gasteiger partial charge in [0, 0.05) is 30.9 Å². The summed E-state index contributed by atoms with van der Waals surface area (Å²) in [5, 5.41) is 9.29. The smallest absolute Gasteiger partial charge is 0.254 e. The number of rotatable bonds is 1. The fraction of sp³-hybridized carbons (Fsp3) is 0.400. The van der Waals surface area contributed by atoms with E-state index in [4.69, 9.17) is 0 Å². The molecule has 80 valence electrons. The standard InChI is InChI=1S/C10H12N2O3/c13-8-2-4-12(6-8)10(15)7-1-3-11-9(14)5-7/h1,3,5,8,13H,2,4,6H2,(H,11,14). The van der Waals surface area contributed by atoms with E-state index in [9.17, 15) is 14.7 Å². The molecule has 1 saturated heterocycles. The first-order valence-electron chi connectivity index (χ1n) is 4.83. The predicted octanol–water partition coefficient (Wildman–Crippen LogP) is -0.418. The molecule has 1 aliphatic rings. The van der Waals surface area contributed by atoms with Crippen molar-refractivity contribution in [3.8, 4) is 0 Å². The summed E-state index contributed by atoms with van der Waals surface area (Å²) in [5.41, 5.74) is 0.0773. The summed E-state index contributed by atoms with van der Waals surface area (Å²) in [6.07, 6.45) is 1.62. The van der Waals surface area contributed by atoms with Crippen molar-refractivity contribution in [3.63, 3.8) is 0 Å². The molecular weight excluding hydrogens is 196 g/mol. The third kappa shape index (κ3) is 2.07. The molecule has 0 spiro atoms. The Balaban J connectivity index is 2.18. The van der Waals surface area contributed by atoms with Gasteiger partial charge in [-0.1, -0.05) is 0 Å². The minimum absolute atomic E-state index is 0.197. The zero-order valence-corrected chi connectivity index (χ0v) is 8.14. The van der Waals surface area contributed by atoms with Crippen LogP contribution < -0.4 is 5.56 Å². The van der Waals surface area contributed by atoms with Gasteiger partial charge in [-0.3, -0.25) is 9.59 Å². The maximum atomic E-state index is 11.8. The molecule has 1 fully saturated rings. The summed E-state index contributed by atoms with van der Waals surface area (Å²) in [6, 6.07) is 2.83. The Kier molecular flexibility index (Phi) is 2.55. The maximum Gasteiger partial charge on any atom is 0.254 e. The molecule has 1 amide bonds. The Bertz CT molecular complexity index is 427. The highest BCUT2D eigenvalue weighted by Crippen LogP contribution is 2.12. The van der Waals surface area contributed by atoms with Gasteiger partial charge in [0.15, 0.2) is 0 Å². The van der Waals surface area contributed by atoms with Gasteiger partial charge in [-0.15, -0.1) is 0 Å². The summed E-state index contributed by atoms with van der Waals surface area (Å²) in [5.74, 6) is -0.197. The number of aromatic nitrogens is 1. The average Bonchev–Trinajstić information content (AvgIpc) is 2.64. The third-order valence-corrected chi connectivity index (χ3v) is 2.47. The summed E-state index contributed by atoms with van der Waals surface area (Å²) < 4.78 is 0. The van der Waals surface area contributed by atoms with E-state index < -0.39 is 6.10 Å². The molecule has 0 saturated carbocycles. The molecule has 0 radical (unpaired) electrons. The van der Waals surface area contributed by atoms with E-state index in [0.717, 1.165) is 0 Å². The fourth-order valence-corrected chi connectivity index (χ4v) is 1.69. The van der Waals surface area contributed by atoms with Crippen LogP contribution in [0.15, 0.2) is 23.1 Å². The number of aromatic amines is 1. The second kappa shape index (κ2) is 3.86. The number of amides is 1. The Hall–Kier alpha value is -1.62. The maximum absolute atomic E-state index is 11.8. The zero-order valence-electron chi connectivity index (χ0n) is 8.14. The summed E-state index contributed by atoms with van der Waals surface area (Å²) >= 11 is 0. The van der Waals surface area contributed by atoms with Crippen LogP contribution in [0, 0.1) is 0 Å². The Labute approximate surface area is 86.3 Å². The molecule has 2 heterocycles. The normalized spacial score (nSPS) is 20.6. The van der Waals surface area contributed by atoms with Gasteiger partial charge >= 0.3 is 0 Å². The largest absolute Gasteiger partial charge is 0.391 e. The topological polar surface area (TPSA) is 73.4 Å². The number of nitrogens with zero attached hydrogens (tertiary/aromatic N) is 1. The quantitative estimate of drug-likeness (QED) is 0.658. The van der Waals surface area contributed by atoms with Crippen LogP contribution in [0.3, 0.4) is 0 Å². The number of hydrogen-bond acceptors (Lipinski definition) is 3. The molecule has 15 heavy (non-hydrogen) atoms. The van der Waals surface area contributed by atoms with E-state index in [1.807, 2.05) is 0 Å². The first kappa shape index (κ1) is 9.92. The molecule has 1 unspecified atom stereocenters. The minimum Gasteiger partial charge on any atom is -0.391 e. The minimum atomic E-state index is -0.434. The van der Waals surface area contributed by atoms with E-state index in [2.05, 4.69) is 4.98 Å². The van der Waals surface area contributed by atoms with Crippen LogP contribution in [-0.4, -0.2) is 40.1 Å². The van der Waals surface area contributed by atoms with Crippen LogP contribution in [-0.2, 0) is 0 Å². The van der Waals surface area contributed by atoms with Gasteiger partial charge in [-0.05, 0) is 12.5 Å². The SMILES string of the molecule is O=C(c1cc[nH]c(=O)c1)N1CCC(O)C1. The van der Waals surface area contributed by atoms with Crippen LogP contribution in [0.4, 0.5) is 0 Å². The van der Waals surface area contributed by atoms with Gasteiger partial charge in [0.1, 0.15) is 0 Å². The molecular formula is C10H12N2O3. The van der Waals surface area contributed by atoms with Crippen LogP contribution in [0.2, 0.25) is 0 Å². The van der Waals surface area contributed by atoms with Crippen molar-refractivity contribution in [1.29, 1.82) is 0 Å². The van der Waals surface area contributed by atoms with Gasteiger partial charge < -0.3 is 15.0 Å². The van der Waals surface area contributed by atoms with Crippen molar-refractivity contribution in [2.24, 2.45) is 0 Å². The van der Waals surface area contributed by atoms with Crippen molar-refractivity contribution in [2.75, 3.05) is 13.1 Å². The third-order valence-electron chi connectivity index (χ3n) is 2.47. The lowest BCUT2D eigenvalue weighted by Gasteiger charge is -2.14. The molecule has 1 aliphatic heterocycles. The van der Waals surface area contributed by atoms with Crippen molar-refractivity contribution in [3.05, 3.63) is 34.2 Å². The molecule has 1 aromatic rings. The van der Waals surface area contributed by atoms with Crippen molar-refractivity contribution in [2.45, 2.75) is 12.5 Å². The van der Waals surface area contributed by atoms with Gasteiger partial charge in [-0.25, -0.2) is 0 Å². The number of carbonyl (C=O) groups is 1. The molecule has 0 aliphatic carbocycles. The highest BCUT2D eigenvalue weighted by atomic mass is 16.3. The lowest BCUT2D eigenvalue weighted by Crippen LogP contribution is -2.30. The Morgan fingerprint density at radius 3 is 3.00 bits per heavy atom. The number of hydrogen-bond donors (Lipinski definition) is 2. The molecule has 1 atom stereocenters. The summed E-state index contributed by atoms with van der Waals surface area (Å²) in [6.45, 7) is 0.901. The van der Waals surface area contributed by atoms with Crippen LogP contribution in [0.1, 0.15) is 16.8 Å². The molecule has 5 nitrogen and oxygen atoms in total. The number of H-pyrrole nitrogens is 1. The average molecular weight is 208 g/mol. The predicted molar refractivity (Wildman–Crippen MR) is 53.6 cm³/mol. The summed E-state index contributed by atoms with van der Waals surface area (Å²) in [7, 11) is 0. The van der Waals surface area contributed by atoms with E-state index in [1.165, 1.54) is 12.3 Å². The molecule has 2 N–H and O–H groups in total. The fourth-order valence-electron chi connectivity index (χ4n) is 1.69. The van der Waals surface area contributed by atoms with Crippen LogP contribution in [0.5, 0.6) is 0 Å². The number of β-amino-alcohol motifs (C(OH)–C–C–N with tert-alkyl or cyclic N) is 1. The lowest BCUT2D eigenvalue weighted by atomic mass is 10.2. The van der Waals surface area contributed by atoms with Crippen LogP contribution in [0.25, 0.3) is 0 Å². The molecule has 0 bridgehead atoms. The Morgan fingerprint density at radius 1 is 1.60 bits per heavy atom. The van der Waals surface area contributed by atoms with Gasteiger partial charge in [0.05, 0.1) is 6.10 Å². The van der Waals surface area contributed by atoms with Crippen LogP contribution >= 0.6 is 0 Å².